The number of rotatable bonds is 9. The van der Waals surface area contributed by atoms with E-state index in [0.29, 0.717) is 32.1 Å². The minimum absolute atomic E-state index is 0.137. The number of morpholine rings is 1. The molecule has 4 aromatic rings. The van der Waals surface area contributed by atoms with Crippen LogP contribution in [0.25, 0.3) is 23.1 Å². The standard InChI is InChI=1S/C29H28F3N5O2S/c30-29(31,32)25-17-22(5-4-20(25)19-37-12-14-39-15-13-37)34-28(38)10-16-40-23-7-8-24-26(35-36-27(24)18-23)9-6-21-3-1-2-11-33-21/h1-9,11,17-18H,10,12-16,19H2,(H,34,38)(H,35,36)/b9-6+. The van der Waals surface area contributed by atoms with Gasteiger partial charge in [0.25, 0.3) is 0 Å². The number of halogens is 3. The summed E-state index contributed by atoms with van der Waals surface area (Å²) in [6, 6.07) is 15.6. The number of aromatic amines is 1. The highest BCUT2D eigenvalue weighted by molar-refractivity contribution is 7.99. The number of hydrogen-bond donors (Lipinski definition) is 2. The molecule has 0 spiro atoms. The monoisotopic (exact) mass is 567 g/mol. The molecule has 0 atom stereocenters. The first kappa shape index (κ1) is 27.9. The maximum absolute atomic E-state index is 13.8. The van der Waals surface area contributed by atoms with Crippen molar-refractivity contribution < 1.29 is 22.7 Å². The maximum atomic E-state index is 13.8. The zero-order chi connectivity index (χ0) is 28.0. The Labute approximate surface area is 233 Å². The number of hydrogen-bond acceptors (Lipinski definition) is 6. The summed E-state index contributed by atoms with van der Waals surface area (Å²) in [6.45, 7) is 2.38. The van der Waals surface area contributed by atoms with E-state index in [0.717, 1.165) is 33.3 Å². The van der Waals surface area contributed by atoms with Crippen LogP contribution < -0.4 is 5.32 Å². The molecular formula is C29H28F3N5O2S. The van der Waals surface area contributed by atoms with Crippen LogP contribution in [0.5, 0.6) is 0 Å². The number of ether oxygens (including phenoxy) is 1. The highest BCUT2D eigenvalue weighted by Gasteiger charge is 2.34. The Morgan fingerprint density at radius 1 is 1.10 bits per heavy atom. The van der Waals surface area contributed by atoms with Crippen LogP contribution in [0.3, 0.4) is 0 Å². The van der Waals surface area contributed by atoms with Gasteiger partial charge in [-0.2, -0.15) is 18.3 Å². The van der Waals surface area contributed by atoms with Gasteiger partial charge in [-0.25, -0.2) is 0 Å². The van der Waals surface area contributed by atoms with E-state index in [4.69, 9.17) is 4.74 Å². The summed E-state index contributed by atoms with van der Waals surface area (Å²) in [5, 5.41) is 11.0. The van der Waals surface area contributed by atoms with E-state index in [-0.39, 0.29) is 30.1 Å². The van der Waals surface area contributed by atoms with Crippen LogP contribution in [0.2, 0.25) is 0 Å². The number of pyridine rings is 1. The lowest BCUT2D eigenvalue weighted by atomic mass is 10.0. The second-order valence-corrected chi connectivity index (χ2v) is 10.5. The number of aromatic nitrogens is 3. The van der Waals surface area contributed by atoms with Crippen LogP contribution in [0.1, 0.15) is 28.9 Å². The molecule has 208 valence electrons. The van der Waals surface area contributed by atoms with Gasteiger partial charge in [-0.05, 0) is 60.2 Å². The number of carbonyl (C=O) groups excluding carboxylic acids is 1. The van der Waals surface area contributed by atoms with E-state index in [1.807, 2.05) is 53.5 Å². The van der Waals surface area contributed by atoms with Crippen molar-refractivity contribution in [3.63, 3.8) is 0 Å². The Balaban J connectivity index is 1.16. The number of H-pyrrole nitrogens is 1. The predicted molar refractivity (Wildman–Crippen MR) is 151 cm³/mol. The largest absolute Gasteiger partial charge is 0.416 e. The number of nitrogens with zero attached hydrogens (tertiary/aromatic N) is 3. The van der Waals surface area contributed by atoms with Gasteiger partial charge in [0.15, 0.2) is 0 Å². The molecule has 11 heteroatoms. The molecule has 2 aromatic carbocycles. The number of carbonyl (C=O) groups is 1. The summed E-state index contributed by atoms with van der Waals surface area (Å²) in [4.78, 5) is 19.7. The predicted octanol–water partition coefficient (Wildman–Crippen LogP) is 6.10. The Morgan fingerprint density at radius 3 is 2.73 bits per heavy atom. The number of benzene rings is 2. The van der Waals surface area contributed by atoms with Crippen molar-refractivity contribution >= 4 is 46.4 Å². The van der Waals surface area contributed by atoms with Crippen LogP contribution in [0.15, 0.2) is 65.7 Å². The van der Waals surface area contributed by atoms with Crippen LogP contribution in [-0.4, -0.2) is 58.0 Å². The molecule has 0 saturated carbocycles. The lowest BCUT2D eigenvalue weighted by Crippen LogP contribution is -2.36. The van der Waals surface area contributed by atoms with Crippen molar-refractivity contribution in [2.75, 3.05) is 37.4 Å². The van der Waals surface area contributed by atoms with E-state index in [9.17, 15) is 18.0 Å². The first-order valence-electron chi connectivity index (χ1n) is 12.9. The van der Waals surface area contributed by atoms with Gasteiger partial charge in [-0.15, -0.1) is 11.8 Å². The Hall–Kier alpha value is -3.67. The normalized spacial score (nSPS) is 14.7. The summed E-state index contributed by atoms with van der Waals surface area (Å²) in [6.07, 6.45) is 1.16. The smallest absolute Gasteiger partial charge is 0.379 e. The van der Waals surface area contributed by atoms with Gasteiger partial charge >= 0.3 is 6.18 Å². The fraction of sp³-hybridized carbons (Fsp3) is 0.276. The molecule has 2 aromatic heterocycles. The molecular weight excluding hydrogens is 539 g/mol. The van der Waals surface area contributed by atoms with Crippen LogP contribution in [0.4, 0.5) is 18.9 Å². The van der Waals surface area contributed by atoms with Crippen LogP contribution in [0, 0.1) is 0 Å². The summed E-state index contributed by atoms with van der Waals surface area (Å²) in [7, 11) is 0. The molecule has 7 nitrogen and oxygen atoms in total. The number of alkyl halides is 3. The Kier molecular flexibility index (Phi) is 8.83. The molecule has 0 radical (unpaired) electrons. The number of fused-ring (bicyclic) bond motifs is 1. The lowest BCUT2D eigenvalue weighted by Gasteiger charge is -2.27. The van der Waals surface area contributed by atoms with Crippen molar-refractivity contribution in [3.05, 3.63) is 83.3 Å². The van der Waals surface area contributed by atoms with Crippen molar-refractivity contribution in [1.29, 1.82) is 0 Å². The number of thioether (sulfide) groups is 1. The molecule has 0 bridgehead atoms. The van der Waals surface area contributed by atoms with Gasteiger partial charge in [0.1, 0.15) is 0 Å². The van der Waals surface area contributed by atoms with Gasteiger partial charge < -0.3 is 10.1 Å². The highest BCUT2D eigenvalue weighted by Crippen LogP contribution is 2.35. The van der Waals surface area contributed by atoms with E-state index in [2.05, 4.69) is 20.5 Å². The van der Waals surface area contributed by atoms with E-state index in [1.165, 1.54) is 23.9 Å². The topological polar surface area (TPSA) is 83.1 Å². The molecule has 40 heavy (non-hydrogen) atoms. The van der Waals surface area contributed by atoms with Crippen molar-refractivity contribution in [2.24, 2.45) is 0 Å². The molecule has 5 rings (SSSR count). The minimum Gasteiger partial charge on any atom is -0.379 e. The Bertz CT molecular complexity index is 1480. The van der Waals surface area contributed by atoms with E-state index >= 15 is 0 Å². The summed E-state index contributed by atoms with van der Waals surface area (Å²) >= 11 is 1.49. The number of amides is 1. The lowest BCUT2D eigenvalue weighted by molar-refractivity contribution is -0.138. The average molecular weight is 568 g/mol. The zero-order valence-electron chi connectivity index (χ0n) is 21.6. The fourth-order valence-electron chi connectivity index (χ4n) is 4.42. The van der Waals surface area contributed by atoms with Gasteiger partial charge in [0.05, 0.1) is 35.7 Å². The highest BCUT2D eigenvalue weighted by atomic mass is 32.2. The summed E-state index contributed by atoms with van der Waals surface area (Å²) < 4.78 is 46.6. The average Bonchev–Trinajstić information content (AvgIpc) is 3.35. The quantitative estimate of drug-likeness (QED) is 0.238. The third-order valence-electron chi connectivity index (χ3n) is 6.46. The summed E-state index contributed by atoms with van der Waals surface area (Å²) in [5.41, 5.74) is 2.10. The molecule has 0 unspecified atom stereocenters. The van der Waals surface area contributed by atoms with Crippen molar-refractivity contribution in [1.82, 2.24) is 20.1 Å². The molecule has 1 saturated heterocycles. The van der Waals surface area contributed by atoms with Crippen LogP contribution in [-0.2, 0) is 22.3 Å². The molecule has 1 fully saturated rings. The molecule has 2 N–H and O–H groups in total. The van der Waals surface area contributed by atoms with Crippen molar-refractivity contribution in [3.8, 4) is 0 Å². The van der Waals surface area contributed by atoms with E-state index < -0.39 is 11.7 Å². The molecule has 3 heterocycles. The number of nitrogens with one attached hydrogen (secondary N) is 2. The SMILES string of the molecule is O=C(CCSc1ccc2c(/C=C/c3ccccn3)n[nH]c2c1)Nc1ccc(CN2CCOCC2)c(C(F)(F)F)c1. The Morgan fingerprint density at radius 2 is 1.95 bits per heavy atom. The van der Waals surface area contributed by atoms with Gasteiger partial charge in [-0.1, -0.05) is 12.1 Å². The second-order valence-electron chi connectivity index (χ2n) is 9.31. The second kappa shape index (κ2) is 12.7. The molecule has 1 aliphatic heterocycles. The third kappa shape index (κ3) is 7.29. The first-order chi connectivity index (χ1) is 19.3. The maximum Gasteiger partial charge on any atom is 0.416 e. The van der Waals surface area contributed by atoms with Crippen molar-refractivity contribution in [2.45, 2.75) is 24.0 Å². The van der Waals surface area contributed by atoms with Gasteiger partial charge in [0.2, 0.25) is 5.91 Å². The summed E-state index contributed by atoms with van der Waals surface area (Å²) in [5.74, 6) is 0.130. The molecule has 1 amide bonds. The minimum atomic E-state index is -4.52. The molecule has 1 aliphatic rings. The number of anilines is 1. The van der Waals surface area contributed by atoms with E-state index in [1.54, 1.807) is 6.20 Å². The first-order valence-corrected chi connectivity index (χ1v) is 13.8. The molecule has 0 aliphatic carbocycles. The van der Waals surface area contributed by atoms with Crippen LogP contribution >= 0.6 is 11.8 Å². The van der Waals surface area contributed by atoms with Gasteiger partial charge in [0, 0.05) is 54.0 Å². The third-order valence-corrected chi connectivity index (χ3v) is 7.45. The van der Waals surface area contributed by atoms with Gasteiger partial charge in [-0.3, -0.25) is 19.8 Å². The fourth-order valence-corrected chi connectivity index (χ4v) is 5.31. The zero-order valence-corrected chi connectivity index (χ0v) is 22.4.